The average molecular weight is 184 g/mol. The van der Waals surface area contributed by atoms with E-state index in [0.29, 0.717) is 0 Å². The molecule has 0 aliphatic rings. The maximum absolute atomic E-state index is 5.37. The van der Waals surface area contributed by atoms with Gasteiger partial charge in [-0.15, -0.1) is 0 Å². The third kappa shape index (κ3) is 3.32. The van der Waals surface area contributed by atoms with Gasteiger partial charge in [0.15, 0.2) is 0 Å². The van der Waals surface area contributed by atoms with Crippen molar-refractivity contribution < 1.29 is 4.84 Å². The maximum Gasteiger partial charge on any atom is 0.0575 e. The van der Waals surface area contributed by atoms with Crippen LogP contribution in [0.5, 0.6) is 0 Å². The molecule has 13 heavy (non-hydrogen) atoms. The predicted octanol–water partition coefficient (Wildman–Crippen LogP) is 2.46. The van der Waals surface area contributed by atoms with Gasteiger partial charge in [0.2, 0.25) is 0 Å². The monoisotopic (exact) mass is 184 g/mol. The Bertz CT molecular complexity index is 103. The van der Waals surface area contributed by atoms with Gasteiger partial charge >= 0.3 is 0 Å². The van der Waals surface area contributed by atoms with Gasteiger partial charge in [-0.1, -0.05) is 27.7 Å². The molecule has 0 fully saturated rings. The quantitative estimate of drug-likeness (QED) is 0.464. The first kappa shape index (κ1) is 15.5. The minimum absolute atomic E-state index is 0. The summed E-state index contributed by atoms with van der Waals surface area (Å²) in [6.07, 6.45) is 3.46. The van der Waals surface area contributed by atoms with Crippen molar-refractivity contribution in [3.8, 4) is 0 Å². The Morgan fingerprint density at radius 1 is 1.00 bits per heavy atom. The molecule has 0 unspecified atom stereocenters. The third-order valence-electron chi connectivity index (χ3n) is 3.01. The summed E-state index contributed by atoms with van der Waals surface area (Å²) in [4.78, 5) is 5.37. The van der Waals surface area contributed by atoms with Crippen molar-refractivity contribution in [3.05, 3.63) is 0 Å². The lowest BCUT2D eigenvalue weighted by molar-refractivity contribution is -0.203. The molecule has 0 amide bonds. The van der Waals surface area contributed by atoms with Gasteiger partial charge in [-0.05, 0) is 19.3 Å². The van der Waals surface area contributed by atoms with Crippen LogP contribution in [0.3, 0.4) is 0 Å². The predicted molar refractivity (Wildman–Crippen MR) is 58.7 cm³/mol. The van der Waals surface area contributed by atoms with E-state index in [-0.39, 0.29) is 14.0 Å². The summed E-state index contributed by atoms with van der Waals surface area (Å²) in [5, 5.41) is 2.10. The van der Waals surface area contributed by atoms with Crippen LogP contribution in [-0.4, -0.2) is 32.7 Å². The minimum atomic E-state index is 0. The zero-order valence-electron chi connectivity index (χ0n) is 9.76. The fourth-order valence-corrected chi connectivity index (χ4v) is 1.94. The van der Waals surface area contributed by atoms with Gasteiger partial charge in [-0.3, -0.25) is 0 Å². The Labute approximate surface area is 85.2 Å². The molecule has 77 valence electrons. The van der Waals surface area contributed by atoms with Crippen LogP contribution < -0.4 is 0 Å². The molecule has 0 aliphatic heterocycles. The van der Waals surface area contributed by atoms with Gasteiger partial charge in [0.05, 0.1) is 7.11 Å². The molecule has 0 N–H and O–H groups in total. The zero-order valence-corrected chi connectivity index (χ0v) is 9.76. The molecule has 0 rings (SSSR count). The summed E-state index contributed by atoms with van der Waals surface area (Å²) in [6, 6.07) is 0. The molecule has 0 aromatic carbocycles. The van der Waals surface area contributed by atoms with Crippen molar-refractivity contribution in [1.29, 1.82) is 0 Å². The minimum Gasteiger partial charge on any atom is -0.302 e. The lowest BCUT2D eigenvalue weighted by Gasteiger charge is -2.40. The first-order chi connectivity index (χ1) is 5.70. The van der Waals surface area contributed by atoms with Crippen LogP contribution in [0.2, 0.25) is 0 Å². The van der Waals surface area contributed by atoms with Crippen LogP contribution in [0.25, 0.3) is 0 Å². The van der Waals surface area contributed by atoms with Crippen LogP contribution in [0.4, 0.5) is 0 Å². The molecule has 0 bridgehead atoms. The molecule has 0 saturated carbocycles. The summed E-state index contributed by atoms with van der Waals surface area (Å²) in [6.45, 7) is 9.79. The van der Waals surface area contributed by atoms with Crippen molar-refractivity contribution in [1.82, 2.24) is 5.06 Å². The number of nitrogens with zero attached hydrogens (tertiary/aromatic N) is 1. The molecule has 0 heterocycles. The van der Waals surface area contributed by atoms with Crippen LogP contribution in [0, 0.1) is 0 Å². The Kier molecular flexibility index (Phi) is 8.79. The molecule has 2 nitrogen and oxygen atoms in total. The highest BCUT2D eigenvalue weighted by Gasteiger charge is 2.30. The van der Waals surface area contributed by atoms with Crippen molar-refractivity contribution >= 4 is 8.41 Å². The van der Waals surface area contributed by atoms with Crippen molar-refractivity contribution in [2.45, 2.75) is 52.5 Å². The Morgan fingerprint density at radius 2 is 1.38 bits per heavy atom. The van der Waals surface area contributed by atoms with E-state index in [2.05, 4.69) is 32.8 Å². The molecule has 0 saturated heterocycles. The molecule has 3 radical (unpaired) electrons. The fraction of sp³-hybridized carbons (Fsp3) is 1.00. The van der Waals surface area contributed by atoms with Crippen LogP contribution in [0.15, 0.2) is 0 Å². The van der Waals surface area contributed by atoms with Gasteiger partial charge in [0, 0.05) is 20.5 Å². The van der Waals surface area contributed by atoms with E-state index >= 15 is 0 Å². The summed E-state index contributed by atoms with van der Waals surface area (Å²) < 4.78 is 0. The number of hydroxylamine groups is 2. The summed E-state index contributed by atoms with van der Waals surface area (Å²) in [5.41, 5.74) is 0.253. The highest BCUT2D eigenvalue weighted by Crippen LogP contribution is 2.27. The largest absolute Gasteiger partial charge is 0.302 e. The van der Waals surface area contributed by atoms with Crippen LogP contribution in [0.1, 0.15) is 47.0 Å². The van der Waals surface area contributed by atoms with Crippen molar-refractivity contribution in [2.75, 3.05) is 13.7 Å². The third-order valence-corrected chi connectivity index (χ3v) is 3.01. The molecule has 0 aromatic rings. The van der Waals surface area contributed by atoms with Gasteiger partial charge in [-0.25, -0.2) is 0 Å². The molecule has 3 heteroatoms. The fourth-order valence-electron chi connectivity index (χ4n) is 1.94. The smallest absolute Gasteiger partial charge is 0.0575 e. The highest BCUT2D eigenvalue weighted by atomic mass is 16.7. The standard InChI is InChI=1S/C10H23NO.B/c1-6-10(7-2,8-3)11(9-4)12-5;/h6-9H2,1-5H3;. The van der Waals surface area contributed by atoms with E-state index < -0.39 is 0 Å². The summed E-state index contributed by atoms with van der Waals surface area (Å²) in [5.74, 6) is 0. The zero-order chi connectivity index (χ0) is 9.61. The van der Waals surface area contributed by atoms with Gasteiger partial charge < -0.3 is 4.84 Å². The van der Waals surface area contributed by atoms with E-state index in [4.69, 9.17) is 4.84 Å². The highest BCUT2D eigenvalue weighted by molar-refractivity contribution is 5.75. The van der Waals surface area contributed by atoms with E-state index in [1.807, 2.05) is 0 Å². The van der Waals surface area contributed by atoms with Crippen LogP contribution in [-0.2, 0) is 4.84 Å². The Morgan fingerprint density at radius 3 is 1.46 bits per heavy atom. The average Bonchev–Trinajstić information content (AvgIpc) is 2.14. The first-order valence-electron chi connectivity index (χ1n) is 5.02. The molecule has 0 aliphatic carbocycles. The van der Waals surface area contributed by atoms with Crippen molar-refractivity contribution in [2.24, 2.45) is 0 Å². The second kappa shape index (κ2) is 7.39. The summed E-state index contributed by atoms with van der Waals surface area (Å²) in [7, 11) is 1.76. The lowest BCUT2D eigenvalue weighted by atomic mass is 9.89. The summed E-state index contributed by atoms with van der Waals surface area (Å²) >= 11 is 0. The molecular weight excluding hydrogens is 161 g/mol. The SMILES string of the molecule is CCN(OC)C(CC)(CC)CC.[B]. The Balaban J connectivity index is 0. The normalized spacial score (nSPS) is 11.5. The topological polar surface area (TPSA) is 12.5 Å². The van der Waals surface area contributed by atoms with Gasteiger partial charge in [0.25, 0.3) is 0 Å². The number of rotatable bonds is 6. The molecule has 0 spiro atoms. The van der Waals surface area contributed by atoms with E-state index in [1.165, 1.54) is 0 Å². The van der Waals surface area contributed by atoms with Crippen molar-refractivity contribution in [3.63, 3.8) is 0 Å². The maximum atomic E-state index is 5.37. The number of hydrogen-bond donors (Lipinski definition) is 0. The Hall–Kier alpha value is -0.0151. The molecule has 0 atom stereocenters. The van der Waals surface area contributed by atoms with E-state index in [9.17, 15) is 0 Å². The van der Waals surface area contributed by atoms with E-state index in [0.717, 1.165) is 25.8 Å². The van der Waals surface area contributed by atoms with Gasteiger partial charge in [-0.2, -0.15) is 5.06 Å². The first-order valence-corrected chi connectivity index (χ1v) is 5.02. The molecular formula is C10H23BNO. The number of hydrogen-bond acceptors (Lipinski definition) is 2. The lowest BCUT2D eigenvalue weighted by Crippen LogP contribution is -2.46. The molecule has 0 aromatic heterocycles. The second-order valence-corrected chi connectivity index (χ2v) is 3.16. The van der Waals surface area contributed by atoms with E-state index in [1.54, 1.807) is 7.11 Å². The second-order valence-electron chi connectivity index (χ2n) is 3.16. The van der Waals surface area contributed by atoms with Crippen LogP contribution >= 0.6 is 0 Å². The van der Waals surface area contributed by atoms with Gasteiger partial charge in [0.1, 0.15) is 0 Å².